The largest absolute Gasteiger partial charge is 0.310 e. The fourth-order valence-electron chi connectivity index (χ4n) is 2.24. The van der Waals surface area contributed by atoms with Crippen LogP contribution in [-0.4, -0.2) is 6.54 Å². The Kier molecular flexibility index (Phi) is 5.29. The zero-order valence-electron chi connectivity index (χ0n) is 10.6. The number of nitrogens with one attached hydrogen (secondary N) is 1. The fraction of sp³-hybridized carbons (Fsp3) is 0.600. The standard InChI is InChI=1S/C15H22IN/c1-2-10-17-15(9-8-12-6-7-12)13-4-3-5-14(16)11-13/h3-5,11-12,15,17H,2,6-10H2,1H3. The van der Waals surface area contributed by atoms with Gasteiger partial charge in [-0.25, -0.2) is 0 Å². The molecule has 1 aromatic carbocycles. The molecule has 1 N–H and O–H groups in total. The van der Waals surface area contributed by atoms with Gasteiger partial charge in [-0.2, -0.15) is 0 Å². The van der Waals surface area contributed by atoms with Crippen molar-refractivity contribution in [2.75, 3.05) is 6.54 Å². The van der Waals surface area contributed by atoms with Crippen molar-refractivity contribution >= 4 is 22.6 Å². The molecule has 1 unspecified atom stereocenters. The van der Waals surface area contributed by atoms with Crippen LogP contribution >= 0.6 is 22.6 Å². The van der Waals surface area contributed by atoms with Crippen LogP contribution in [0.4, 0.5) is 0 Å². The van der Waals surface area contributed by atoms with E-state index in [1.807, 2.05) is 0 Å². The lowest BCUT2D eigenvalue weighted by Gasteiger charge is -2.19. The van der Waals surface area contributed by atoms with E-state index in [9.17, 15) is 0 Å². The average molecular weight is 343 g/mol. The molecular formula is C15H22IN. The third-order valence-corrected chi connectivity index (χ3v) is 4.12. The number of benzene rings is 1. The third kappa shape index (κ3) is 4.59. The highest BCUT2D eigenvalue weighted by atomic mass is 127. The van der Waals surface area contributed by atoms with Crippen LogP contribution in [0.3, 0.4) is 0 Å². The summed E-state index contributed by atoms with van der Waals surface area (Å²) < 4.78 is 1.34. The molecule has 17 heavy (non-hydrogen) atoms. The van der Waals surface area contributed by atoms with E-state index >= 15 is 0 Å². The summed E-state index contributed by atoms with van der Waals surface area (Å²) in [5.41, 5.74) is 1.46. The highest BCUT2D eigenvalue weighted by Gasteiger charge is 2.22. The fourth-order valence-corrected chi connectivity index (χ4v) is 2.80. The lowest BCUT2D eigenvalue weighted by Crippen LogP contribution is -2.22. The highest BCUT2D eigenvalue weighted by molar-refractivity contribution is 14.1. The van der Waals surface area contributed by atoms with Gasteiger partial charge in [-0.15, -0.1) is 0 Å². The van der Waals surface area contributed by atoms with Crippen molar-refractivity contribution in [3.05, 3.63) is 33.4 Å². The number of hydrogen-bond donors (Lipinski definition) is 1. The Balaban J connectivity index is 1.96. The maximum atomic E-state index is 3.69. The van der Waals surface area contributed by atoms with Crippen LogP contribution in [0.5, 0.6) is 0 Å². The lowest BCUT2D eigenvalue weighted by molar-refractivity contribution is 0.470. The number of halogens is 1. The quantitative estimate of drug-likeness (QED) is 0.718. The zero-order valence-corrected chi connectivity index (χ0v) is 12.7. The summed E-state index contributed by atoms with van der Waals surface area (Å²) in [5.74, 6) is 1.03. The van der Waals surface area contributed by atoms with Gasteiger partial charge in [0.15, 0.2) is 0 Å². The molecule has 0 amide bonds. The van der Waals surface area contributed by atoms with E-state index in [1.165, 1.54) is 41.2 Å². The lowest BCUT2D eigenvalue weighted by atomic mass is 10.0. The van der Waals surface area contributed by atoms with Gasteiger partial charge in [0.2, 0.25) is 0 Å². The average Bonchev–Trinajstić information content (AvgIpc) is 3.13. The summed E-state index contributed by atoms with van der Waals surface area (Å²) in [7, 11) is 0. The van der Waals surface area contributed by atoms with Gasteiger partial charge in [0.25, 0.3) is 0 Å². The van der Waals surface area contributed by atoms with E-state index in [4.69, 9.17) is 0 Å². The Labute approximate surface area is 119 Å². The summed E-state index contributed by atoms with van der Waals surface area (Å²) in [4.78, 5) is 0. The first-order valence-electron chi connectivity index (χ1n) is 6.78. The Hall–Kier alpha value is -0.0900. The van der Waals surface area contributed by atoms with Crippen molar-refractivity contribution < 1.29 is 0 Å². The second kappa shape index (κ2) is 6.74. The van der Waals surface area contributed by atoms with Crippen LogP contribution in [0.1, 0.15) is 50.6 Å². The van der Waals surface area contributed by atoms with Gasteiger partial charge in [-0.3, -0.25) is 0 Å². The summed E-state index contributed by atoms with van der Waals surface area (Å²) in [6.07, 6.45) is 6.83. The zero-order chi connectivity index (χ0) is 12.1. The van der Waals surface area contributed by atoms with E-state index in [0.29, 0.717) is 6.04 Å². The molecule has 0 saturated heterocycles. The minimum absolute atomic E-state index is 0.560. The van der Waals surface area contributed by atoms with E-state index in [1.54, 1.807) is 0 Å². The van der Waals surface area contributed by atoms with E-state index < -0.39 is 0 Å². The number of hydrogen-bond acceptors (Lipinski definition) is 1. The predicted molar refractivity (Wildman–Crippen MR) is 82.2 cm³/mol. The summed E-state index contributed by atoms with van der Waals surface area (Å²) in [6.45, 7) is 3.36. The first-order chi connectivity index (χ1) is 8.29. The molecule has 1 aliphatic rings. The Morgan fingerprint density at radius 3 is 2.88 bits per heavy atom. The maximum absolute atomic E-state index is 3.69. The molecule has 1 fully saturated rings. The Morgan fingerprint density at radius 1 is 1.41 bits per heavy atom. The SMILES string of the molecule is CCCNC(CCC1CC1)c1cccc(I)c1. The van der Waals surface area contributed by atoms with Crippen molar-refractivity contribution in [1.82, 2.24) is 5.32 Å². The molecule has 0 spiro atoms. The minimum atomic E-state index is 0.560. The van der Waals surface area contributed by atoms with E-state index in [-0.39, 0.29) is 0 Å². The molecule has 0 aliphatic heterocycles. The number of rotatable bonds is 7. The molecule has 2 rings (SSSR count). The van der Waals surface area contributed by atoms with Crippen LogP contribution in [0.25, 0.3) is 0 Å². The van der Waals surface area contributed by atoms with Crippen LogP contribution < -0.4 is 5.32 Å². The van der Waals surface area contributed by atoms with Crippen molar-refractivity contribution in [3.63, 3.8) is 0 Å². The molecule has 0 aromatic heterocycles. The first kappa shape index (κ1) is 13.3. The van der Waals surface area contributed by atoms with Crippen LogP contribution in [0, 0.1) is 9.49 Å². The van der Waals surface area contributed by atoms with Gasteiger partial charge in [-0.1, -0.05) is 31.9 Å². The monoisotopic (exact) mass is 343 g/mol. The van der Waals surface area contributed by atoms with Gasteiger partial charge in [-0.05, 0) is 72.0 Å². The molecule has 1 atom stereocenters. The first-order valence-corrected chi connectivity index (χ1v) is 7.86. The smallest absolute Gasteiger partial charge is 0.0320 e. The molecule has 1 nitrogen and oxygen atoms in total. The van der Waals surface area contributed by atoms with E-state index in [2.05, 4.69) is 59.1 Å². The minimum Gasteiger partial charge on any atom is -0.310 e. The van der Waals surface area contributed by atoms with Crippen LogP contribution in [0.2, 0.25) is 0 Å². The van der Waals surface area contributed by atoms with Gasteiger partial charge in [0.1, 0.15) is 0 Å². The molecule has 2 heteroatoms. The molecular weight excluding hydrogens is 321 g/mol. The maximum Gasteiger partial charge on any atom is 0.0320 e. The van der Waals surface area contributed by atoms with Crippen molar-refractivity contribution in [1.29, 1.82) is 0 Å². The van der Waals surface area contributed by atoms with Gasteiger partial charge >= 0.3 is 0 Å². The molecule has 1 aromatic rings. The molecule has 94 valence electrons. The second-order valence-electron chi connectivity index (χ2n) is 5.08. The van der Waals surface area contributed by atoms with E-state index in [0.717, 1.165) is 12.5 Å². The van der Waals surface area contributed by atoms with Gasteiger partial charge in [0, 0.05) is 9.61 Å². The van der Waals surface area contributed by atoms with Gasteiger partial charge in [0.05, 0.1) is 0 Å². The third-order valence-electron chi connectivity index (χ3n) is 3.45. The molecule has 1 saturated carbocycles. The second-order valence-corrected chi connectivity index (χ2v) is 6.33. The topological polar surface area (TPSA) is 12.0 Å². The Bertz CT molecular complexity index is 347. The molecule has 0 bridgehead atoms. The van der Waals surface area contributed by atoms with Crippen LogP contribution in [0.15, 0.2) is 24.3 Å². The van der Waals surface area contributed by atoms with Gasteiger partial charge < -0.3 is 5.32 Å². The predicted octanol–water partition coefficient (Wildman–Crippen LogP) is 4.52. The highest BCUT2D eigenvalue weighted by Crippen LogP contribution is 2.36. The molecule has 1 aliphatic carbocycles. The summed E-state index contributed by atoms with van der Waals surface area (Å²) in [5, 5.41) is 3.69. The normalized spacial score (nSPS) is 17.1. The molecule has 0 radical (unpaired) electrons. The van der Waals surface area contributed by atoms with Crippen molar-refractivity contribution in [3.8, 4) is 0 Å². The Morgan fingerprint density at radius 2 is 2.24 bits per heavy atom. The summed E-state index contributed by atoms with van der Waals surface area (Å²) in [6, 6.07) is 9.49. The molecule has 0 heterocycles. The van der Waals surface area contributed by atoms with Crippen molar-refractivity contribution in [2.45, 2.75) is 45.1 Å². The van der Waals surface area contributed by atoms with Crippen LogP contribution in [-0.2, 0) is 0 Å². The van der Waals surface area contributed by atoms with Crippen molar-refractivity contribution in [2.24, 2.45) is 5.92 Å². The summed E-state index contributed by atoms with van der Waals surface area (Å²) >= 11 is 2.40.